The number of likely N-dealkylation sites (N-methyl/N-ethyl adjacent to an activating group) is 1. The van der Waals surface area contributed by atoms with Gasteiger partial charge in [-0.05, 0) is 19.5 Å². The van der Waals surface area contributed by atoms with Crippen LogP contribution in [-0.2, 0) is 6.42 Å². The molecule has 0 fully saturated rings. The molecule has 0 spiro atoms. The summed E-state index contributed by atoms with van der Waals surface area (Å²) in [6.45, 7) is 6.18. The average Bonchev–Trinajstić information content (AvgIpc) is 2.78. The quantitative estimate of drug-likeness (QED) is 0.825. The summed E-state index contributed by atoms with van der Waals surface area (Å²) in [5.74, 6) is 0. The monoisotopic (exact) mass is 247 g/mol. The van der Waals surface area contributed by atoms with Crippen LogP contribution < -0.4 is 5.32 Å². The molecule has 17 heavy (non-hydrogen) atoms. The van der Waals surface area contributed by atoms with Gasteiger partial charge < -0.3 is 5.32 Å². The van der Waals surface area contributed by atoms with Crippen LogP contribution >= 0.6 is 11.3 Å². The summed E-state index contributed by atoms with van der Waals surface area (Å²) < 4.78 is 0. The molecule has 1 aromatic heterocycles. The molecule has 2 aromatic rings. The fourth-order valence-electron chi connectivity index (χ4n) is 1.62. The zero-order chi connectivity index (χ0) is 12.1. The fourth-order valence-corrected chi connectivity index (χ4v) is 2.46. The number of rotatable bonds is 5. The van der Waals surface area contributed by atoms with Crippen molar-refractivity contribution in [1.82, 2.24) is 15.5 Å². The lowest BCUT2D eigenvalue weighted by Gasteiger charge is -1.97. The van der Waals surface area contributed by atoms with E-state index in [0.717, 1.165) is 35.1 Å². The second-order valence-electron chi connectivity index (χ2n) is 3.97. The predicted molar refractivity (Wildman–Crippen MR) is 72.3 cm³/mol. The number of nitrogens with one attached hydrogen (secondary N) is 1. The summed E-state index contributed by atoms with van der Waals surface area (Å²) in [6.07, 6.45) is 0.956. The highest BCUT2D eigenvalue weighted by molar-refractivity contribution is 7.14. The molecule has 0 radical (unpaired) electrons. The van der Waals surface area contributed by atoms with Crippen LogP contribution in [0.1, 0.15) is 17.5 Å². The van der Waals surface area contributed by atoms with Gasteiger partial charge in [0.1, 0.15) is 10.0 Å². The number of aromatic nitrogens is 2. The molecule has 0 aliphatic carbocycles. The van der Waals surface area contributed by atoms with E-state index in [9.17, 15) is 0 Å². The number of aryl methyl sites for hydroxylation is 1. The third-order valence-electron chi connectivity index (χ3n) is 2.50. The molecule has 2 rings (SSSR count). The molecular formula is C13H17N3S. The van der Waals surface area contributed by atoms with E-state index in [0.29, 0.717) is 0 Å². The largest absolute Gasteiger partial charge is 0.317 e. The smallest absolute Gasteiger partial charge is 0.147 e. The first-order chi connectivity index (χ1) is 8.29. The molecule has 0 saturated heterocycles. The van der Waals surface area contributed by atoms with Gasteiger partial charge >= 0.3 is 0 Å². The molecule has 0 unspecified atom stereocenters. The molecular weight excluding hydrogens is 230 g/mol. The van der Waals surface area contributed by atoms with Crippen molar-refractivity contribution in [3.63, 3.8) is 0 Å². The molecule has 0 aliphatic rings. The van der Waals surface area contributed by atoms with Crippen molar-refractivity contribution in [3.05, 3.63) is 34.8 Å². The van der Waals surface area contributed by atoms with Crippen LogP contribution in [0.25, 0.3) is 10.6 Å². The average molecular weight is 247 g/mol. The van der Waals surface area contributed by atoms with Gasteiger partial charge in [-0.2, -0.15) is 0 Å². The Morgan fingerprint density at radius 3 is 2.94 bits per heavy atom. The lowest BCUT2D eigenvalue weighted by Crippen LogP contribution is -2.15. The van der Waals surface area contributed by atoms with Gasteiger partial charge in [-0.3, -0.25) is 0 Å². The van der Waals surface area contributed by atoms with Crippen LogP contribution in [0.4, 0.5) is 0 Å². The van der Waals surface area contributed by atoms with E-state index >= 15 is 0 Å². The van der Waals surface area contributed by atoms with Crippen molar-refractivity contribution in [1.29, 1.82) is 0 Å². The minimum atomic E-state index is 0.956. The molecule has 0 aliphatic heterocycles. The Morgan fingerprint density at radius 2 is 2.18 bits per heavy atom. The highest BCUT2D eigenvalue weighted by Crippen LogP contribution is 2.24. The maximum atomic E-state index is 4.25. The van der Waals surface area contributed by atoms with E-state index in [1.54, 1.807) is 11.3 Å². The van der Waals surface area contributed by atoms with E-state index in [2.05, 4.69) is 53.6 Å². The van der Waals surface area contributed by atoms with Gasteiger partial charge in [0.25, 0.3) is 0 Å². The maximum absolute atomic E-state index is 4.25. The Hall–Kier alpha value is -1.26. The van der Waals surface area contributed by atoms with Gasteiger partial charge in [0.15, 0.2) is 0 Å². The summed E-state index contributed by atoms with van der Waals surface area (Å²) >= 11 is 1.68. The lowest BCUT2D eigenvalue weighted by molar-refractivity contribution is 0.710. The molecule has 4 heteroatoms. The van der Waals surface area contributed by atoms with Crippen molar-refractivity contribution in [2.75, 3.05) is 13.1 Å². The third-order valence-corrected chi connectivity index (χ3v) is 3.53. The molecule has 0 saturated carbocycles. The number of hydrogen-bond acceptors (Lipinski definition) is 4. The Morgan fingerprint density at radius 1 is 1.29 bits per heavy atom. The van der Waals surface area contributed by atoms with Crippen LogP contribution in [0.15, 0.2) is 24.3 Å². The van der Waals surface area contributed by atoms with E-state index in [-0.39, 0.29) is 0 Å². The first-order valence-electron chi connectivity index (χ1n) is 5.89. The normalized spacial score (nSPS) is 10.7. The number of benzene rings is 1. The van der Waals surface area contributed by atoms with Crippen LogP contribution in [0.2, 0.25) is 0 Å². The highest BCUT2D eigenvalue weighted by Gasteiger charge is 2.06. The molecule has 1 N–H and O–H groups in total. The Labute approximate surface area is 106 Å². The molecule has 0 amide bonds. The summed E-state index contributed by atoms with van der Waals surface area (Å²) in [5, 5.41) is 13.9. The number of hydrogen-bond donors (Lipinski definition) is 1. The summed E-state index contributed by atoms with van der Waals surface area (Å²) in [7, 11) is 0. The topological polar surface area (TPSA) is 37.8 Å². The Kier molecular flexibility index (Phi) is 4.23. The first-order valence-corrected chi connectivity index (χ1v) is 6.71. The fraction of sp³-hybridized carbons (Fsp3) is 0.385. The van der Waals surface area contributed by atoms with Gasteiger partial charge in [0, 0.05) is 18.5 Å². The highest BCUT2D eigenvalue weighted by atomic mass is 32.1. The zero-order valence-electron chi connectivity index (χ0n) is 10.2. The molecule has 0 bridgehead atoms. The molecule has 90 valence electrons. The van der Waals surface area contributed by atoms with Gasteiger partial charge in [-0.15, -0.1) is 10.2 Å². The minimum Gasteiger partial charge on any atom is -0.317 e. The Bertz CT molecular complexity index is 479. The van der Waals surface area contributed by atoms with Crippen LogP contribution in [0.3, 0.4) is 0 Å². The Balaban J connectivity index is 2.07. The molecule has 3 nitrogen and oxygen atoms in total. The van der Waals surface area contributed by atoms with Crippen LogP contribution in [0, 0.1) is 6.92 Å². The predicted octanol–water partition coefficient (Wildman–Crippen LogP) is 2.67. The maximum Gasteiger partial charge on any atom is 0.147 e. The van der Waals surface area contributed by atoms with Gasteiger partial charge in [-0.25, -0.2) is 0 Å². The minimum absolute atomic E-state index is 0.956. The summed E-state index contributed by atoms with van der Waals surface area (Å²) in [4.78, 5) is 0. The molecule has 0 atom stereocenters. The van der Waals surface area contributed by atoms with Gasteiger partial charge in [-0.1, -0.05) is 42.0 Å². The SMILES string of the molecule is CCNCCc1nnc(-c2cccc(C)c2)s1. The van der Waals surface area contributed by atoms with Crippen molar-refractivity contribution in [3.8, 4) is 10.6 Å². The van der Waals surface area contributed by atoms with E-state index in [1.807, 2.05) is 0 Å². The van der Waals surface area contributed by atoms with E-state index in [4.69, 9.17) is 0 Å². The second-order valence-corrected chi connectivity index (χ2v) is 5.04. The van der Waals surface area contributed by atoms with Gasteiger partial charge in [0.2, 0.25) is 0 Å². The standard InChI is InChI=1S/C13H17N3S/c1-3-14-8-7-12-15-16-13(17-12)11-6-4-5-10(2)9-11/h4-6,9,14H,3,7-8H2,1-2H3. The lowest BCUT2D eigenvalue weighted by atomic mass is 10.1. The number of nitrogens with zero attached hydrogens (tertiary/aromatic N) is 2. The molecule has 1 aromatic carbocycles. The van der Waals surface area contributed by atoms with E-state index < -0.39 is 0 Å². The second kappa shape index (κ2) is 5.89. The molecule has 1 heterocycles. The zero-order valence-corrected chi connectivity index (χ0v) is 11.0. The van der Waals surface area contributed by atoms with Crippen LogP contribution in [-0.4, -0.2) is 23.3 Å². The van der Waals surface area contributed by atoms with Crippen molar-refractivity contribution in [2.24, 2.45) is 0 Å². The summed E-state index contributed by atoms with van der Waals surface area (Å²) in [6, 6.07) is 8.39. The summed E-state index contributed by atoms with van der Waals surface area (Å²) in [5.41, 5.74) is 2.42. The first kappa shape index (κ1) is 12.2. The van der Waals surface area contributed by atoms with Gasteiger partial charge in [0.05, 0.1) is 0 Å². The van der Waals surface area contributed by atoms with Crippen molar-refractivity contribution < 1.29 is 0 Å². The van der Waals surface area contributed by atoms with Crippen molar-refractivity contribution in [2.45, 2.75) is 20.3 Å². The van der Waals surface area contributed by atoms with E-state index in [1.165, 1.54) is 5.56 Å². The third kappa shape index (κ3) is 3.35. The van der Waals surface area contributed by atoms with Crippen molar-refractivity contribution >= 4 is 11.3 Å². The van der Waals surface area contributed by atoms with Crippen LogP contribution in [0.5, 0.6) is 0 Å².